The highest BCUT2D eigenvalue weighted by Gasteiger charge is 2.23. The van der Waals surface area contributed by atoms with Crippen LogP contribution >= 0.6 is 11.5 Å². The second-order valence-electron chi connectivity index (χ2n) is 5.73. The number of nitrogens with zero attached hydrogens (tertiary/aromatic N) is 3. The maximum absolute atomic E-state index is 5.34. The number of hydrogen-bond acceptors (Lipinski definition) is 7. The van der Waals surface area contributed by atoms with Crippen LogP contribution in [-0.4, -0.2) is 47.6 Å². The molecule has 1 fully saturated rings. The van der Waals surface area contributed by atoms with Crippen molar-refractivity contribution in [1.29, 1.82) is 0 Å². The predicted octanol–water partition coefficient (Wildman–Crippen LogP) is 2.55. The number of benzene rings is 1. The number of nitrogens with one attached hydrogen (secondary N) is 1. The average molecular weight is 334 g/mol. The Morgan fingerprint density at radius 1 is 1.26 bits per heavy atom. The van der Waals surface area contributed by atoms with Crippen LogP contribution in [0.1, 0.15) is 17.8 Å². The molecule has 1 aliphatic rings. The van der Waals surface area contributed by atoms with Gasteiger partial charge in [0.2, 0.25) is 5.13 Å². The average Bonchev–Trinajstić information content (AvgIpc) is 3.16. The van der Waals surface area contributed by atoms with Crippen LogP contribution in [0.25, 0.3) is 0 Å². The summed E-state index contributed by atoms with van der Waals surface area (Å²) in [5.41, 5.74) is 1.20. The fraction of sp³-hybridized carbons (Fsp3) is 0.500. The second kappa shape index (κ2) is 7.14. The zero-order valence-electron chi connectivity index (χ0n) is 13.7. The Kier molecular flexibility index (Phi) is 4.97. The largest absolute Gasteiger partial charge is 0.497 e. The zero-order valence-corrected chi connectivity index (χ0v) is 14.5. The summed E-state index contributed by atoms with van der Waals surface area (Å²) in [6.45, 7) is 4.87. The molecule has 3 rings (SSSR count). The van der Waals surface area contributed by atoms with E-state index in [-0.39, 0.29) is 0 Å². The van der Waals surface area contributed by atoms with Crippen LogP contribution in [0.3, 0.4) is 0 Å². The molecular formula is C16H22N4O2S. The van der Waals surface area contributed by atoms with Gasteiger partial charge >= 0.3 is 0 Å². The molecule has 0 spiro atoms. The molecule has 124 valence electrons. The zero-order chi connectivity index (χ0) is 16.2. The van der Waals surface area contributed by atoms with Gasteiger partial charge in [-0.1, -0.05) is 0 Å². The van der Waals surface area contributed by atoms with Gasteiger partial charge in [0.15, 0.2) is 0 Å². The number of aromatic nitrogens is 2. The molecule has 0 amide bonds. The van der Waals surface area contributed by atoms with E-state index in [1.165, 1.54) is 17.1 Å². The molecule has 0 bridgehead atoms. The van der Waals surface area contributed by atoms with Crippen molar-refractivity contribution in [1.82, 2.24) is 14.3 Å². The van der Waals surface area contributed by atoms with Gasteiger partial charge < -0.3 is 14.8 Å². The summed E-state index contributed by atoms with van der Waals surface area (Å²) < 4.78 is 14.9. The minimum absolute atomic E-state index is 0.426. The minimum atomic E-state index is 0.426. The van der Waals surface area contributed by atoms with Crippen molar-refractivity contribution in [3.8, 4) is 11.5 Å². The maximum Gasteiger partial charge on any atom is 0.202 e. The Balaban J connectivity index is 1.59. The molecule has 2 heterocycles. The van der Waals surface area contributed by atoms with E-state index in [1.807, 2.05) is 13.0 Å². The van der Waals surface area contributed by atoms with Crippen molar-refractivity contribution >= 4 is 16.7 Å². The summed E-state index contributed by atoms with van der Waals surface area (Å²) in [4.78, 5) is 6.80. The van der Waals surface area contributed by atoms with Crippen LogP contribution < -0.4 is 14.8 Å². The number of ether oxygens (including phenoxy) is 2. The van der Waals surface area contributed by atoms with E-state index in [4.69, 9.17) is 9.47 Å². The summed E-state index contributed by atoms with van der Waals surface area (Å²) in [5.74, 6) is 2.49. The summed E-state index contributed by atoms with van der Waals surface area (Å²) in [6.07, 6.45) is 1.11. The van der Waals surface area contributed by atoms with Gasteiger partial charge in [-0.15, -0.1) is 0 Å². The first-order valence-corrected chi connectivity index (χ1v) is 8.45. The molecular weight excluding hydrogens is 312 g/mol. The fourth-order valence-electron chi connectivity index (χ4n) is 2.84. The smallest absolute Gasteiger partial charge is 0.202 e. The van der Waals surface area contributed by atoms with Crippen molar-refractivity contribution in [2.75, 3.05) is 32.6 Å². The van der Waals surface area contributed by atoms with Crippen molar-refractivity contribution in [2.24, 2.45) is 0 Å². The Labute approximate surface area is 140 Å². The third kappa shape index (κ3) is 4.11. The van der Waals surface area contributed by atoms with Gasteiger partial charge in [-0.2, -0.15) is 4.37 Å². The van der Waals surface area contributed by atoms with Crippen molar-refractivity contribution in [3.63, 3.8) is 0 Å². The number of hydrogen-bond donors (Lipinski definition) is 1. The highest BCUT2D eigenvalue weighted by molar-refractivity contribution is 7.09. The quantitative estimate of drug-likeness (QED) is 0.876. The van der Waals surface area contributed by atoms with Crippen molar-refractivity contribution in [2.45, 2.75) is 25.9 Å². The monoisotopic (exact) mass is 334 g/mol. The summed E-state index contributed by atoms with van der Waals surface area (Å²) >= 11 is 1.43. The summed E-state index contributed by atoms with van der Waals surface area (Å²) in [7, 11) is 3.36. The molecule has 1 aliphatic heterocycles. The predicted molar refractivity (Wildman–Crippen MR) is 91.5 cm³/mol. The third-order valence-corrected chi connectivity index (χ3v) is 4.68. The lowest BCUT2D eigenvalue weighted by Crippen LogP contribution is -2.25. The first-order chi connectivity index (χ1) is 11.2. The third-order valence-electron chi connectivity index (χ3n) is 3.94. The number of aryl methyl sites for hydroxylation is 1. The van der Waals surface area contributed by atoms with E-state index in [1.54, 1.807) is 14.2 Å². The van der Waals surface area contributed by atoms with Crippen molar-refractivity contribution < 1.29 is 9.47 Å². The first kappa shape index (κ1) is 16.0. The molecule has 0 unspecified atom stereocenters. The summed E-state index contributed by atoms with van der Waals surface area (Å²) in [6, 6.07) is 6.46. The van der Waals surface area contributed by atoms with Gasteiger partial charge in [-0.25, -0.2) is 4.98 Å². The van der Waals surface area contributed by atoms with Crippen LogP contribution in [-0.2, 0) is 6.54 Å². The number of methoxy groups -OCH3 is 2. The van der Waals surface area contributed by atoms with Crippen molar-refractivity contribution in [3.05, 3.63) is 29.6 Å². The highest BCUT2D eigenvalue weighted by atomic mass is 32.1. The highest BCUT2D eigenvalue weighted by Crippen LogP contribution is 2.25. The molecule has 2 aromatic rings. The standard InChI is InChI=1S/C16H22N4O2S/c1-11-17-16(23-19-11)18-13-4-5-20(10-13)9-12-6-14(21-2)8-15(7-12)22-3/h6-8,13H,4-5,9-10H2,1-3H3,(H,17,18,19)/t13-/m0/s1. The Morgan fingerprint density at radius 3 is 2.61 bits per heavy atom. The number of rotatable bonds is 6. The van der Waals surface area contributed by atoms with E-state index in [0.717, 1.165) is 48.5 Å². The van der Waals surface area contributed by atoms with Gasteiger partial charge in [-0.3, -0.25) is 4.90 Å². The SMILES string of the molecule is COc1cc(CN2CC[C@H](Nc3nc(C)ns3)C2)cc(OC)c1. The molecule has 23 heavy (non-hydrogen) atoms. The second-order valence-corrected chi connectivity index (χ2v) is 6.48. The Morgan fingerprint density at radius 2 is 2.00 bits per heavy atom. The van der Waals surface area contributed by atoms with E-state index in [2.05, 4.69) is 31.7 Å². The molecule has 1 aromatic heterocycles. The molecule has 1 aromatic carbocycles. The topological polar surface area (TPSA) is 59.5 Å². The van der Waals surface area contributed by atoms with Crippen LogP contribution in [0.2, 0.25) is 0 Å². The lowest BCUT2D eigenvalue weighted by molar-refractivity contribution is 0.326. The van der Waals surface area contributed by atoms with E-state index < -0.39 is 0 Å². The molecule has 0 aliphatic carbocycles. The lowest BCUT2D eigenvalue weighted by atomic mass is 10.2. The Hall–Kier alpha value is -1.86. The molecule has 6 nitrogen and oxygen atoms in total. The normalized spacial score (nSPS) is 18.1. The molecule has 1 saturated heterocycles. The molecule has 0 saturated carbocycles. The number of anilines is 1. The number of likely N-dealkylation sites (tertiary alicyclic amines) is 1. The minimum Gasteiger partial charge on any atom is -0.497 e. The molecule has 1 atom stereocenters. The van der Waals surface area contributed by atoms with E-state index in [9.17, 15) is 0 Å². The van der Waals surface area contributed by atoms with Crippen LogP contribution in [0.4, 0.5) is 5.13 Å². The van der Waals surface area contributed by atoms with E-state index in [0.29, 0.717) is 6.04 Å². The fourth-order valence-corrected chi connectivity index (χ4v) is 3.49. The lowest BCUT2D eigenvalue weighted by Gasteiger charge is -2.17. The molecule has 7 heteroatoms. The van der Waals surface area contributed by atoms with Crippen LogP contribution in [0.15, 0.2) is 18.2 Å². The van der Waals surface area contributed by atoms with Crippen LogP contribution in [0.5, 0.6) is 11.5 Å². The van der Waals surface area contributed by atoms with Gasteiger partial charge in [0, 0.05) is 43.3 Å². The molecule has 1 N–H and O–H groups in total. The van der Waals surface area contributed by atoms with Gasteiger partial charge in [0.05, 0.1) is 14.2 Å². The van der Waals surface area contributed by atoms with Gasteiger partial charge in [0.25, 0.3) is 0 Å². The van der Waals surface area contributed by atoms with Crippen LogP contribution in [0, 0.1) is 6.92 Å². The molecule has 0 radical (unpaired) electrons. The summed E-state index contributed by atoms with van der Waals surface area (Å²) in [5, 5.41) is 4.39. The maximum atomic E-state index is 5.34. The Bertz CT molecular complexity index is 639. The van der Waals surface area contributed by atoms with Gasteiger partial charge in [0.1, 0.15) is 17.3 Å². The first-order valence-electron chi connectivity index (χ1n) is 7.67. The van der Waals surface area contributed by atoms with E-state index >= 15 is 0 Å². The van der Waals surface area contributed by atoms with Gasteiger partial charge in [-0.05, 0) is 31.0 Å².